The van der Waals surface area contributed by atoms with Crippen molar-refractivity contribution in [1.82, 2.24) is 5.32 Å². The van der Waals surface area contributed by atoms with E-state index in [1.807, 2.05) is 12.1 Å². The van der Waals surface area contributed by atoms with E-state index in [1.54, 1.807) is 44.6 Å². The highest BCUT2D eigenvalue weighted by Gasteiger charge is 2.07. The molecule has 0 heterocycles. The van der Waals surface area contributed by atoms with Crippen LogP contribution in [0, 0.1) is 11.3 Å². The maximum atomic E-state index is 11.9. The molecule has 0 aliphatic rings. The van der Waals surface area contributed by atoms with E-state index in [1.165, 1.54) is 0 Å². The molecule has 2 aromatic rings. The molecule has 0 saturated carbocycles. The average Bonchev–Trinajstić information content (AvgIpc) is 2.65. The van der Waals surface area contributed by atoms with Gasteiger partial charge in [-0.3, -0.25) is 4.79 Å². The maximum Gasteiger partial charge on any atom is 0.258 e. The predicted octanol–water partition coefficient (Wildman–Crippen LogP) is 2.47. The Bertz CT molecular complexity index is 751. The molecule has 0 bridgehead atoms. The van der Waals surface area contributed by atoms with Gasteiger partial charge in [-0.1, -0.05) is 18.2 Å². The standard InChI is InChI=1S/C19H20N2O4/c1-23-17-8-5-15(11-18(17)24-2)12-21-19(22)13-25-16-6-3-14(4-7-16)9-10-20/h3-8,11H,9,12-13H2,1-2H3,(H,21,22). The zero-order valence-electron chi connectivity index (χ0n) is 14.2. The van der Waals surface area contributed by atoms with Crippen molar-refractivity contribution in [3.63, 3.8) is 0 Å². The molecule has 0 aliphatic carbocycles. The maximum absolute atomic E-state index is 11.9. The molecule has 0 aliphatic heterocycles. The Morgan fingerprint density at radius 1 is 1.04 bits per heavy atom. The van der Waals surface area contributed by atoms with Crippen LogP contribution in [0.25, 0.3) is 0 Å². The average molecular weight is 340 g/mol. The van der Waals surface area contributed by atoms with Crippen LogP contribution in [-0.2, 0) is 17.8 Å². The van der Waals surface area contributed by atoms with E-state index < -0.39 is 0 Å². The number of carbonyl (C=O) groups excluding carboxylic acids is 1. The molecule has 0 radical (unpaired) electrons. The van der Waals surface area contributed by atoms with Crippen LogP contribution in [0.15, 0.2) is 42.5 Å². The number of amides is 1. The third-order valence-corrected chi connectivity index (χ3v) is 3.51. The van der Waals surface area contributed by atoms with Gasteiger partial charge < -0.3 is 19.5 Å². The molecule has 2 aromatic carbocycles. The van der Waals surface area contributed by atoms with E-state index in [9.17, 15) is 4.79 Å². The van der Waals surface area contributed by atoms with Crippen molar-refractivity contribution in [2.45, 2.75) is 13.0 Å². The summed E-state index contributed by atoms with van der Waals surface area (Å²) in [5, 5.41) is 11.4. The van der Waals surface area contributed by atoms with Gasteiger partial charge in [-0.25, -0.2) is 0 Å². The number of nitriles is 1. The van der Waals surface area contributed by atoms with Crippen molar-refractivity contribution < 1.29 is 19.0 Å². The van der Waals surface area contributed by atoms with Gasteiger partial charge in [-0.2, -0.15) is 5.26 Å². The molecule has 0 aromatic heterocycles. The first-order chi connectivity index (χ1) is 12.2. The van der Waals surface area contributed by atoms with Crippen molar-refractivity contribution >= 4 is 5.91 Å². The molecule has 0 fully saturated rings. The Hall–Kier alpha value is -3.20. The largest absolute Gasteiger partial charge is 0.493 e. The first kappa shape index (κ1) is 18.1. The second-order valence-corrected chi connectivity index (χ2v) is 5.23. The first-order valence-electron chi connectivity index (χ1n) is 7.72. The summed E-state index contributed by atoms with van der Waals surface area (Å²) in [5.74, 6) is 1.61. The van der Waals surface area contributed by atoms with Crippen LogP contribution >= 0.6 is 0 Å². The van der Waals surface area contributed by atoms with Gasteiger partial charge in [-0.15, -0.1) is 0 Å². The summed E-state index contributed by atoms with van der Waals surface area (Å²) < 4.78 is 15.8. The summed E-state index contributed by atoms with van der Waals surface area (Å²) >= 11 is 0. The van der Waals surface area contributed by atoms with Crippen molar-refractivity contribution in [3.05, 3.63) is 53.6 Å². The van der Waals surface area contributed by atoms with Gasteiger partial charge in [-0.05, 0) is 35.4 Å². The van der Waals surface area contributed by atoms with Gasteiger partial charge in [0, 0.05) is 6.54 Å². The highest BCUT2D eigenvalue weighted by molar-refractivity contribution is 5.77. The van der Waals surface area contributed by atoms with Crippen LogP contribution in [0.1, 0.15) is 11.1 Å². The summed E-state index contributed by atoms with van der Waals surface area (Å²) in [7, 11) is 3.14. The minimum absolute atomic E-state index is 0.0785. The van der Waals surface area contributed by atoms with Gasteiger partial charge in [0.2, 0.25) is 0 Å². The highest BCUT2D eigenvalue weighted by atomic mass is 16.5. The molecule has 2 rings (SSSR count). The number of hydrogen-bond acceptors (Lipinski definition) is 5. The second kappa shape index (κ2) is 9.18. The Morgan fingerprint density at radius 3 is 2.36 bits per heavy atom. The lowest BCUT2D eigenvalue weighted by Crippen LogP contribution is -2.28. The van der Waals surface area contributed by atoms with Crippen LogP contribution in [-0.4, -0.2) is 26.7 Å². The van der Waals surface area contributed by atoms with Crippen molar-refractivity contribution in [2.75, 3.05) is 20.8 Å². The molecular weight excluding hydrogens is 320 g/mol. The third kappa shape index (κ3) is 5.43. The number of rotatable bonds is 8. The van der Waals surface area contributed by atoms with Crippen LogP contribution in [0.4, 0.5) is 0 Å². The molecule has 0 spiro atoms. The van der Waals surface area contributed by atoms with E-state index in [-0.39, 0.29) is 12.5 Å². The fourth-order valence-corrected chi connectivity index (χ4v) is 2.19. The smallest absolute Gasteiger partial charge is 0.258 e. The summed E-state index contributed by atoms with van der Waals surface area (Å²) in [6.07, 6.45) is 0.353. The van der Waals surface area contributed by atoms with Gasteiger partial charge in [0.25, 0.3) is 5.91 Å². The fraction of sp³-hybridized carbons (Fsp3) is 0.263. The van der Waals surface area contributed by atoms with Gasteiger partial charge >= 0.3 is 0 Å². The highest BCUT2D eigenvalue weighted by Crippen LogP contribution is 2.27. The summed E-state index contributed by atoms with van der Waals surface area (Å²) in [6.45, 7) is 0.286. The monoisotopic (exact) mass is 340 g/mol. The lowest BCUT2D eigenvalue weighted by molar-refractivity contribution is -0.123. The van der Waals surface area contributed by atoms with Crippen LogP contribution in [0.2, 0.25) is 0 Å². The number of ether oxygens (including phenoxy) is 3. The predicted molar refractivity (Wildman–Crippen MR) is 92.6 cm³/mol. The quantitative estimate of drug-likeness (QED) is 0.798. The molecule has 0 atom stereocenters. The third-order valence-electron chi connectivity index (χ3n) is 3.51. The van der Waals surface area contributed by atoms with Crippen molar-refractivity contribution in [3.8, 4) is 23.3 Å². The molecule has 1 N–H and O–H groups in total. The minimum atomic E-state index is -0.226. The van der Waals surface area contributed by atoms with Gasteiger partial charge in [0.15, 0.2) is 18.1 Å². The number of nitrogens with one attached hydrogen (secondary N) is 1. The number of hydrogen-bond donors (Lipinski definition) is 1. The summed E-state index contributed by atoms with van der Waals surface area (Å²) in [6, 6.07) is 14.6. The molecule has 25 heavy (non-hydrogen) atoms. The Labute approximate surface area is 146 Å². The molecule has 0 unspecified atom stereocenters. The minimum Gasteiger partial charge on any atom is -0.493 e. The molecule has 1 amide bonds. The fourth-order valence-electron chi connectivity index (χ4n) is 2.19. The Balaban J connectivity index is 1.81. The van der Waals surface area contributed by atoms with Crippen LogP contribution in [0.3, 0.4) is 0 Å². The SMILES string of the molecule is COc1ccc(CNC(=O)COc2ccc(CC#N)cc2)cc1OC. The normalized spacial score (nSPS) is 9.80. The summed E-state index contributed by atoms with van der Waals surface area (Å²) in [4.78, 5) is 11.9. The van der Waals surface area contributed by atoms with E-state index in [4.69, 9.17) is 19.5 Å². The lowest BCUT2D eigenvalue weighted by Gasteiger charge is -2.11. The number of carbonyl (C=O) groups is 1. The van der Waals surface area contributed by atoms with E-state index in [2.05, 4.69) is 11.4 Å². The Kier molecular flexibility index (Phi) is 6.66. The topological polar surface area (TPSA) is 80.6 Å². The van der Waals surface area contributed by atoms with Gasteiger partial charge in [0.1, 0.15) is 5.75 Å². The zero-order valence-corrected chi connectivity index (χ0v) is 14.2. The molecule has 6 nitrogen and oxygen atoms in total. The van der Waals surface area contributed by atoms with E-state index in [0.717, 1.165) is 11.1 Å². The van der Waals surface area contributed by atoms with Crippen molar-refractivity contribution in [1.29, 1.82) is 5.26 Å². The second-order valence-electron chi connectivity index (χ2n) is 5.23. The number of nitrogens with zero attached hydrogens (tertiary/aromatic N) is 1. The first-order valence-corrected chi connectivity index (χ1v) is 7.72. The van der Waals surface area contributed by atoms with Crippen LogP contribution < -0.4 is 19.5 Å². The molecule has 130 valence electrons. The number of benzene rings is 2. The summed E-state index contributed by atoms with van der Waals surface area (Å²) in [5.41, 5.74) is 1.81. The zero-order chi connectivity index (χ0) is 18.1. The van der Waals surface area contributed by atoms with Gasteiger partial charge in [0.05, 0.1) is 26.7 Å². The Morgan fingerprint density at radius 2 is 1.72 bits per heavy atom. The van der Waals surface area contributed by atoms with E-state index in [0.29, 0.717) is 30.2 Å². The molecule has 6 heteroatoms. The molecular formula is C19H20N2O4. The number of methoxy groups -OCH3 is 2. The lowest BCUT2D eigenvalue weighted by atomic mass is 10.2. The van der Waals surface area contributed by atoms with Crippen molar-refractivity contribution in [2.24, 2.45) is 0 Å². The van der Waals surface area contributed by atoms with Crippen LogP contribution in [0.5, 0.6) is 17.2 Å². The van der Waals surface area contributed by atoms with E-state index >= 15 is 0 Å². The molecule has 0 saturated heterocycles.